The highest BCUT2D eigenvalue weighted by Gasteiger charge is 1.92. The zero-order valence-electron chi connectivity index (χ0n) is 7.42. The number of rotatable bonds is 1. The van der Waals surface area contributed by atoms with E-state index in [9.17, 15) is 4.39 Å². The number of hydrogen-bond donors (Lipinski definition) is 1. The van der Waals surface area contributed by atoms with Crippen LogP contribution in [0.5, 0.6) is 0 Å². The van der Waals surface area contributed by atoms with Crippen molar-refractivity contribution in [3.05, 3.63) is 35.6 Å². The molecule has 0 saturated heterocycles. The normalized spacial score (nSPS) is 11.6. The predicted octanol–water partition coefficient (Wildman–Crippen LogP) is 1.95. The topological polar surface area (TPSA) is 20.2 Å². The first kappa shape index (κ1) is 9.76. The highest BCUT2D eigenvalue weighted by atomic mass is 19.1. The van der Waals surface area contributed by atoms with E-state index in [0.29, 0.717) is 12.0 Å². The molecule has 0 radical (unpaired) electrons. The summed E-state index contributed by atoms with van der Waals surface area (Å²) in [5.74, 6) is 5.13. The summed E-state index contributed by atoms with van der Waals surface area (Å²) in [6.07, 6.45) is 0.0128. The monoisotopic (exact) mass is 178 g/mol. The molecule has 0 aliphatic heterocycles. The van der Waals surface area contributed by atoms with Gasteiger partial charge in [-0.15, -0.1) is 0 Å². The lowest BCUT2D eigenvalue weighted by atomic mass is 10.2. The summed E-state index contributed by atoms with van der Waals surface area (Å²) < 4.78 is 12.5. The predicted molar refractivity (Wildman–Crippen MR) is 49.6 cm³/mol. The van der Waals surface area contributed by atoms with Gasteiger partial charge >= 0.3 is 0 Å². The van der Waals surface area contributed by atoms with E-state index >= 15 is 0 Å². The number of hydrogen-bond acceptors (Lipinski definition) is 1. The largest absolute Gasteiger partial charge is 0.380 e. The SMILES string of the molecule is CCC(O)C#Cc1ccc(F)cc1. The zero-order chi connectivity index (χ0) is 9.68. The second kappa shape index (κ2) is 4.64. The van der Waals surface area contributed by atoms with Crippen LogP contribution in [0, 0.1) is 17.7 Å². The molecule has 1 nitrogen and oxygen atoms in total. The minimum Gasteiger partial charge on any atom is -0.380 e. The fraction of sp³-hybridized carbons (Fsp3) is 0.273. The van der Waals surface area contributed by atoms with Gasteiger partial charge in [0.1, 0.15) is 11.9 Å². The van der Waals surface area contributed by atoms with Gasteiger partial charge in [0.15, 0.2) is 0 Å². The maximum atomic E-state index is 12.5. The van der Waals surface area contributed by atoms with Crippen LogP contribution in [0.1, 0.15) is 18.9 Å². The molecular formula is C11H11FO. The van der Waals surface area contributed by atoms with E-state index in [1.54, 1.807) is 12.1 Å². The third kappa shape index (κ3) is 3.27. The standard InChI is InChI=1S/C11H11FO/c1-2-11(13)8-5-9-3-6-10(12)7-4-9/h3-4,6-7,11,13H,2H2,1H3. The van der Waals surface area contributed by atoms with Crippen molar-refractivity contribution >= 4 is 0 Å². The van der Waals surface area contributed by atoms with Gasteiger partial charge in [-0.3, -0.25) is 0 Å². The van der Waals surface area contributed by atoms with Crippen LogP contribution in [0.25, 0.3) is 0 Å². The van der Waals surface area contributed by atoms with E-state index < -0.39 is 6.10 Å². The molecule has 1 rings (SSSR count). The summed E-state index contributed by atoms with van der Waals surface area (Å²) in [5, 5.41) is 9.13. The highest BCUT2D eigenvalue weighted by Crippen LogP contribution is 2.00. The van der Waals surface area contributed by atoms with Gasteiger partial charge in [-0.2, -0.15) is 0 Å². The first-order valence-electron chi connectivity index (χ1n) is 4.17. The second-order valence-corrected chi connectivity index (χ2v) is 2.70. The lowest BCUT2D eigenvalue weighted by molar-refractivity contribution is 0.228. The van der Waals surface area contributed by atoms with Gasteiger partial charge in [-0.25, -0.2) is 4.39 Å². The Balaban J connectivity index is 2.72. The Hall–Kier alpha value is -1.33. The lowest BCUT2D eigenvalue weighted by Crippen LogP contribution is -1.98. The Morgan fingerprint density at radius 1 is 1.38 bits per heavy atom. The van der Waals surface area contributed by atoms with Crippen molar-refractivity contribution in [3.8, 4) is 11.8 Å². The Morgan fingerprint density at radius 2 is 2.00 bits per heavy atom. The van der Waals surface area contributed by atoms with Crippen molar-refractivity contribution in [2.75, 3.05) is 0 Å². The highest BCUT2D eigenvalue weighted by molar-refractivity contribution is 5.34. The summed E-state index contributed by atoms with van der Waals surface area (Å²) in [4.78, 5) is 0. The van der Waals surface area contributed by atoms with E-state index in [4.69, 9.17) is 5.11 Å². The van der Waals surface area contributed by atoms with Crippen LogP contribution in [-0.2, 0) is 0 Å². The molecule has 0 saturated carbocycles. The quantitative estimate of drug-likeness (QED) is 0.652. The van der Waals surface area contributed by atoms with Crippen molar-refractivity contribution in [2.45, 2.75) is 19.4 Å². The molecule has 0 heterocycles. The maximum Gasteiger partial charge on any atom is 0.123 e. The third-order valence-electron chi connectivity index (χ3n) is 1.61. The molecule has 1 aromatic rings. The van der Waals surface area contributed by atoms with Crippen LogP contribution in [0.15, 0.2) is 24.3 Å². The Bertz CT molecular complexity index is 318. The van der Waals surface area contributed by atoms with Gasteiger partial charge in [0.25, 0.3) is 0 Å². The van der Waals surface area contributed by atoms with Gasteiger partial charge in [-0.05, 0) is 30.7 Å². The minimum atomic E-state index is -0.593. The maximum absolute atomic E-state index is 12.5. The number of halogens is 1. The Labute approximate surface area is 77.2 Å². The van der Waals surface area contributed by atoms with Crippen LogP contribution >= 0.6 is 0 Å². The fourth-order valence-electron chi connectivity index (χ4n) is 0.802. The van der Waals surface area contributed by atoms with Gasteiger partial charge in [-0.1, -0.05) is 18.8 Å². The van der Waals surface area contributed by atoms with Crippen LogP contribution in [0.2, 0.25) is 0 Å². The molecule has 0 fully saturated rings. The molecule has 0 bridgehead atoms. The third-order valence-corrected chi connectivity index (χ3v) is 1.61. The van der Waals surface area contributed by atoms with Crippen molar-refractivity contribution in [1.82, 2.24) is 0 Å². The average molecular weight is 178 g/mol. The van der Waals surface area contributed by atoms with E-state index in [-0.39, 0.29) is 5.82 Å². The minimum absolute atomic E-state index is 0.276. The second-order valence-electron chi connectivity index (χ2n) is 2.70. The van der Waals surface area contributed by atoms with E-state index in [2.05, 4.69) is 11.8 Å². The van der Waals surface area contributed by atoms with Gasteiger partial charge in [0, 0.05) is 5.56 Å². The molecule has 0 aromatic heterocycles. The summed E-state index contributed by atoms with van der Waals surface area (Å²) in [6, 6.07) is 5.88. The molecule has 2 heteroatoms. The van der Waals surface area contributed by atoms with Gasteiger partial charge in [0.2, 0.25) is 0 Å². The molecule has 1 N–H and O–H groups in total. The van der Waals surface area contributed by atoms with E-state index in [1.807, 2.05) is 6.92 Å². The fourth-order valence-corrected chi connectivity index (χ4v) is 0.802. The summed E-state index contributed by atoms with van der Waals surface area (Å²) in [7, 11) is 0. The first-order valence-corrected chi connectivity index (χ1v) is 4.17. The van der Waals surface area contributed by atoms with Crippen molar-refractivity contribution in [1.29, 1.82) is 0 Å². The summed E-state index contributed by atoms with van der Waals surface area (Å²) in [6.45, 7) is 1.85. The van der Waals surface area contributed by atoms with Crippen LogP contribution < -0.4 is 0 Å². The Kier molecular flexibility index (Phi) is 3.48. The van der Waals surface area contributed by atoms with Crippen molar-refractivity contribution < 1.29 is 9.50 Å². The molecule has 68 valence electrons. The average Bonchev–Trinajstić information content (AvgIpc) is 2.16. The Morgan fingerprint density at radius 3 is 2.54 bits per heavy atom. The van der Waals surface area contributed by atoms with E-state index in [0.717, 1.165) is 0 Å². The van der Waals surface area contributed by atoms with E-state index in [1.165, 1.54) is 12.1 Å². The molecule has 1 aromatic carbocycles. The lowest BCUT2D eigenvalue weighted by Gasteiger charge is -1.94. The van der Waals surface area contributed by atoms with Crippen LogP contribution in [0.4, 0.5) is 4.39 Å². The summed E-state index contributed by atoms with van der Waals surface area (Å²) in [5.41, 5.74) is 0.717. The molecule has 0 aliphatic rings. The molecular weight excluding hydrogens is 167 g/mol. The zero-order valence-corrected chi connectivity index (χ0v) is 7.42. The number of benzene rings is 1. The van der Waals surface area contributed by atoms with Crippen LogP contribution in [-0.4, -0.2) is 11.2 Å². The molecule has 0 aliphatic carbocycles. The first-order chi connectivity index (χ1) is 6.22. The van der Waals surface area contributed by atoms with Gasteiger partial charge in [0.05, 0.1) is 0 Å². The summed E-state index contributed by atoms with van der Waals surface area (Å²) >= 11 is 0. The molecule has 13 heavy (non-hydrogen) atoms. The molecule has 1 atom stereocenters. The smallest absolute Gasteiger partial charge is 0.123 e. The number of aliphatic hydroxyl groups excluding tert-OH is 1. The van der Waals surface area contributed by atoms with Crippen molar-refractivity contribution in [3.63, 3.8) is 0 Å². The molecule has 0 amide bonds. The van der Waals surface area contributed by atoms with Crippen LogP contribution in [0.3, 0.4) is 0 Å². The van der Waals surface area contributed by atoms with Gasteiger partial charge < -0.3 is 5.11 Å². The molecule has 1 unspecified atom stereocenters. The number of aliphatic hydroxyl groups is 1. The van der Waals surface area contributed by atoms with Crippen molar-refractivity contribution in [2.24, 2.45) is 0 Å². The molecule has 0 spiro atoms.